The Morgan fingerprint density at radius 3 is 2.64 bits per heavy atom. The normalized spacial score (nSPS) is 11.7. The lowest BCUT2D eigenvalue weighted by Crippen LogP contribution is -2.44. The van der Waals surface area contributed by atoms with Crippen LogP contribution in [0.15, 0.2) is 24.3 Å². The number of thioether (sulfide) groups is 1. The van der Waals surface area contributed by atoms with Gasteiger partial charge in [0.05, 0.1) is 23.9 Å². The van der Waals surface area contributed by atoms with Crippen molar-refractivity contribution in [3.8, 4) is 0 Å². The van der Waals surface area contributed by atoms with E-state index >= 15 is 0 Å². The summed E-state index contributed by atoms with van der Waals surface area (Å²) in [5, 5.41) is 3.19. The number of ether oxygens (including phenoxy) is 2. The summed E-state index contributed by atoms with van der Waals surface area (Å²) < 4.78 is 10.2. The van der Waals surface area contributed by atoms with Crippen LogP contribution >= 0.6 is 11.8 Å². The quantitative estimate of drug-likeness (QED) is 0.646. The van der Waals surface area contributed by atoms with Crippen LogP contribution in [0.2, 0.25) is 0 Å². The van der Waals surface area contributed by atoms with Gasteiger partial charge in [0.25, 0.3) is 0 Å². The Kier molecular flexibility index (Phi) is 7.62. The minimum atomic E-state index is -0.868. The van der Waals surface area contributed by atoms with Gasteiger partial charge in [0, 0.05) is 5.39 Å². The van der Waals surface area contributed by atoms with E-state index in [2.05, 4.69) is 10.3 Å². The molecule has 0 saturated heterocycles. The van der Waals surface area contributed by atoms with Gasteiger partial charge in [-0.3, -0.25) is 0 Å². The van der Waals surface area contributed by atoms with Gasteiger partial charge in [0.1, 0.15) is 12.6 Å². The number of nitrogens with two attached hydrogens (primary N) is 1. The van der Waals surface area contributed by atoms with Gasteiger partial charge in [0.15, 0.2) is 0 Å². The van der Waals surface area contributed by atoms with Crippen molar-refractivity contribution < 1.29 is 23.9 Å². The predicted octanol–water partition coefficient (Wildman–Crippen LogP) is 2.16. The van der Waals surface area contributed by atoms with Gasteiger partial charge in [-0.25, -0.2) is 19.4 Å². The summed E-state index contributed by atoms with van der Waals surface area (Å²) in [4.78, 5) is 40.3. The Bertz CT molecular complexity index is 887. The maximum Gasteiger partial charge on any atom is 0.340 e. The molecule has 2 aromatic rings. The first kappa shape index (κ1) is 21.5. The minimum absolute atomic E-state index is 0.231. The van der Waals surface area contributed by atoms with E-state index in [1.54, 1.807) is 6.92 Å². The van der Waals surface area contributed by atoms with Crippen molar-refractivity contribution in [2.24, 2.45) is 5.73 Å². The number of urea groups is 1. The van der Waals surface area contributed by atoms with E-state index in [0.717, 1.165) is 5.39 Å². The van der Waals surface area contributed by atoms with Crippen LogP contribution in [-0.4, -0.2) is 48.1 Å². The summed E-state index contributed by atoms with van der Waals surface area (Å²) in [6.07, 6.45) is 2.26. The number of nitrogens with one attached hydrogen (secondary N) is 1. The van der Waals surface area contributed by atoms with E-state index in [1.165, 1.54) is 18.9 Å². The Balaban J connectivity index is 2.30. The summed E-state index contributed by atoms with van der Waals surface area (Å²) in [6, 6.07) is 5.67. The fourth-order valence-electron chi connectivity index (χ4n) is 2.81. The highest BCUT2D eigenvalue weighted by atomic mass is 32.2. The Morgan fingerprint density at radius 1 is 1.29 bits per heavy atom. The predicted molar refractivity (Wildman–Crippen MR) is 107 cm³/mol. The average molecular weight is 405 g/mol. The zero-order chi connectivity index (χ0) is 20.7. The smallest absolute Gasteiger partial charge is 0.340 e. The molecule has 150 valence electrons. The number of hydrogen-bond acceptors (Lipinski definition) is 7. The molecule has 1 atom stereocenters. The zero-order valence-electron chi connectivity index (χ0n) is 16.0. The maximum atomic E-state index is 12.4. The van der Waals surface area contributed by atoms with Crippen molar-refractivity contribution in [3.05, 3.63) is 41.1 Å². The van der Waals surface area contributed by atoms with E-state index in [0.29, 0.717) is 28.9 Å². The summed E-state index contributed by atoms with van der Waals surface area (Å²) in [5.74, 6) is -0.562. The second-order valence-electron chi connectivity index (χ2n) is 6.02. The topological polar surface area (TPSA) is 121 Å². The van der Waals surface area contributed by atoms with Crippen LogP contribution < -0.4 is 11.1 Å². The van der Waals surface area contributed by atoms with Crippen molar-refractivity contribution in [2.45, 2.75) is 26.0 Å². The summed E-state index contributed by atoms with van der Waals surface area (Å²) in [6.45, 7) is 1.56. The number of carbonyl (C=O) groups is 3. The molecule has 0 aliphatic carbocycles. The second kappa shape index (κ2) is 9.93. The fourth-order valence-corrected chi connectivity index (χ4v) is 3.29. The Morgan fingerprint density at radius 2 is 2.00 bits per heavy atom. The van der Waals surface area contributed by atoms with Crippen LogP contribution in [-0.2, 0) is 20.9 Å². The molecule has 1 aromatic carbocycles. The highest BCUT2D eigenvalue weighted by Crippen LogP contribution is 2.24. The maximum absolute atomic E-state index is 12.4. The molecule has 0 aliphatic rings. The van der Waals surface area contributed by atoms with Gasteiger partial charge in [0.2, 0.25) is 0 Å². The van der Waals surface area contributed by atoms with Crippen LogP contribution in [0.25, 0.3) is 10.9 Å². The fraction of sp³-hybridized carbons (Fsp3) is 0.368. The number of esters is 2. The first-order valence-corrected chi connectivity index (χ1v) is 9.96. The molecular weight excluding hydrogens is 382 g/mol. The van der Waals surface area contributed by atoms with Crippen LogP contribution in [0, 0.1) is 6.92 Å². The third kappa shape index (κ3) is 5.13. The van der Waals surface area contributed by atoms with Crippen LogP contribution in [0.3, 0.4) is 0 Å². The lowest BCUT2D eigenvalue weighted by atomic mass is 10.0. The SMILES string of the molecule is COC(=O)c1c(COC(=O)[C@H](CCSC)NC(N)=O)nc2ccccc2c1C. The Hall–Kier alpha value is -2.81. The van der Waals surface area contributed by atoms with Gasteiger partial charge in [-0.1, -0.05) is 18.2 Å². The van der Waals surface area contributed by atoms with Crippen molar-refractivity contribution in [3.63, 3.8) is 0 Å². The average Bonchev–Trinajstić information content (AvgIpc) is 2.68. The number of amides is 2. The van der Waals surface area contributed by atoms with E-state index in [-0.39, 0.29) is 12.2 Å². The molecule has 1 aromatic heterocycles. The molecule has 0 saturated carbocycles. The first-order chi connectivity index (χ1) is 13.4. The molecule has 0 aliphatic heterocycles. The number of primary amides is 1. The van der Waals surface area contributed by atoms with Gasteiger partial charge in [-0.15, -0.1) is 0 Å². The largest absolute Gasteiger partial charge is 0.465 e. The van der Waals surface area contributed by atoms with E-state index in [4.69, 9.17) is 15.2 Å². The molecule has 3 N–H and O–H groups in total. The van der Waals surface area contributed by atoms with Crippen molar-refractivity contribution >= 4 is 40.6 Å². The number of hydrogen-bond donors (Lipinski definition) is 2. The number of nitrogens with zero attached hydrogens (tertiary/aromatic N) is 1. The number of methoxy groups -OCH3 is 1. The summed E-state index contributed by atoms with van der Waals surface area (Å²) in [5.41, 5.74) is 7.05. The molecule has 0 unspecified atom stereocenters. The first-order valence-electron chi connectivity index (χ1n) is 8.57. The van der Waals surface area contributed by atoms with Crippen LogP contribution in [0.4, 0.5) is 4.79 Å². The molecule has 8 nitrogen and oxygen atoms in total. The molecule has 0 spiro atoms. The molecule has 0 bridgehead atoms. The highest BCUT2D eigenvalue weighted by Gasteiger charge is 2.24. The second-order valence-corrected chi connectivity index (χ2v) is 7.00. The van der Waals surface area contributed by atoms with Gasteiger partial charge >= 0.3 is 18.0 Å². The summed E-state index contributed by atoms with van der Waals surface area (Å²) in [7, 11) is 1.28. The number of rotatable bonds is 8. The Labute approximate surface area is 167 Å². The van der Waals surface area contributed by atoms with E-state index in [1.807, 2.05) is 30.5 Å². The lowest BCUT2D eigenvalue weighted by Gasteiger charge is -2.17. The molecule has 2 rings (SSSR count). The number of aromatic nitrogens is 1. The summed E-state index contributed by atoms with van der Waals surface area (Å²) >= 11 is 1.53. The number of fused-ring (bicyclic) bond motifs is 1. The van der Waals surface area contributed by atoms with Gasteiger partial charge in [-0.2, -0.15) is 11.8 Å². The van der Waals surface area contributed by atoms with E-state index in [9.17, 15) is 14.4 Å². The lowest BCUT2D eigenvalue weighted by molar-refractivity contribution is -0.147. The third-order valence-corrected chi connectivity index (χ3v) is 4.82. The van der Waals surface area contributed by atoms with Crippen molar-refractivity contribution in [1.29, 1.82) is 0 Å². The molecule has 2 amide bonds. The van der Waals surface area contributed by atoms with E-state index < -0.39 is 24.0 Å². The standard InChI is InChI=1S/C19H23N3O5S/c1-11-12-6-4-5-7-13(12)21-15(16(11)18(24)26-2)10-27-17(23)14(8-9-28-3)22-19(20)25/h4-7,14H,8-10H2,1-3H3,(H3,20,22,25)/t14-/m0/s1. The van der Waals surface area contributed by atoms with Crippen molar-refractivity contribution in [1.82, 2.24) is 10.3 Å². The molecule has 1 heterocycles. The molecule has 0 fully saturated rings. The van der Waals surface area contributed by atoms with Gasteiger partial charge in [-0.05, 0) is 37.0 Å². The van der Waals surface area contributed by atoms with Crippen LogP contribution in [0.5, 0.6) is 0 Å². The number of para-hydroxylation sites is 1. The zero-order valence-corrected chi connectivity index (χ0v) is 16.8. The molecule has 0 radical (unpaired) electrons. The highest BCUT2D eigenvalue weighted by molar-refractivity contribution is 7.98. The number of aryl methyl sites for hydroxylation is 1. The number of pyridine rings is 1. The molecular formula is C19H23N3O5S. The minimum Gasteiger partial charge on any atom is -0.465 e. The molecule has 28 heavy (non-hydrogen) atoms. The number of benzene rings is 1. The number of carbonyl (C=O) groups excluding carboxylic acids is 3. The third-order valence-electron chi connectivity index (χ3n) is 4.18. The van der Waals surface area contributed by atoms with Crippen molar-refractivity contribution in [2.75, 3.05) is 19.1 Å². The molecule has 9 heteroatoms. The monoisotopic (exact) mass is 405 g/mol. The van der Waals surface area contributed by atoms with Gasteiger partial charge < -0.3 is 20.5 Å². The van der Waals surface area contributed by atoms with Crippen LogP contribution in [0.1, 0.15) is 28.0 Å².